The maximum Gasteiger partial charge on any atom is 0.220 e. The van der Waals surface area contributed by atoms with Crippen molar-refractivity contribution in [2.75, 3.05) is 0 Å². The van der Waals surface area contributed by atoms with Gasteiger partial charge in [0.25, 0.3) is 0 Å². The third-order valence-corrected chi connectivity index (χ3v) is 4.82. The molecule has 2 aromatic heterocycles. The van der Waals surface area contributed by atoms with Gasteiger partial charge in [0.2, 0.25) is 5.69 Å². The van der Waals surface area contributed by atoms with Crippen LogP contribution in [0.4, 0.5) is 0 Å². The molecule has 2 nitrogen and oxygen atoms in total. The molecule has 0 aliphatic rings. The molecule has 4 rings (SSSR count). The van der Waals surface area contributed by atoms with E-state index < -0.39 is 0 Å². The second kappa shape index (κ2) is 6.14. The molecule has 4 aromatic rings. The molecule has 0 aliphatic heterocycles. The maximum atomic E-state index is 8.66. The van der Waals surface area contributed by atoms with E-state index in [9.17, 15) is 0 Å². The zero-order valence-corrected chi connectivity index (χ0v) is 14.7. The van der Waals surface area contributed by atoms with Gasteiger partial charge in [0.15, 0.2) is 5.69 Å². The molecule has 0 aliphatic carbocycles. The van der Waals surface area contributed by atoms with Crippen molar-refractivity contribution >= 4 is 10.8 Å². The van der Waals surface area contributed by atoms with Crippen LogP contribution in [0.15, 0.2) is 73.0 Å². The molecular weight excluding hydrogens is 304 g/mol. The molecule has 0 atom stereocenters. The van der Waals surface area contributed by atoms with E-state index >= 15 is 0 Å². The van der Waals surface area contributed by atoms with Crippen molar-refractivity contribution < 1.29 is 5.94 Å². The van der Waals surface area contributed by atoms with E-state index in [-0.39, 0.29) is 0 Å². The number of fused-ring (bicyclic) bond motifs is 1. The average Bonchev–Trinajstić information content (AvgIpc) is 2.68. The van der Waals surface area contributed by atoms with E-state index in [0.717, 1.165) is 33.3 Å². The molecule has 0 unspecified atom stereocenters. The van der Waals surface area contributed by atoms with Crippen molar-refractivity contribution in [1.29, 1.82) is 0 Å². The van der Waals surface area contributed by atoms with Crippen molar-refractivity contribution in [3.63, 3.8) is 0 Å². The van der Waals surface area contributed by atoms with Crippen LogP contribution in [-0.4, -0.2) is 4.98 Å². The highest BCUT2D eigenvalue weighted by Crippen LogP contribution is 2.31. The Balaban J connectivity index is 2.06. The number of hydrogen-bond donors (Lipinski definition) is 0. The van der Waals surface area contributed by atoms with E-state index in [4.69, 9.17) is 1.37 Å². The van der Waals surface area contributed by atoms with Gasteiger partial charge in [-0.1, -0.05) is 30.3 Å². The Morgan fingerprint density at radius 1 is 0.960 bits per heavy atom. The van der Waals surface area contributed by atoms with Crippen LogP contribution < -0.4 is 4.57 Å². The lowest BCUT2D eigenvalue weighted by molar-refractivity contribution is -0.665. The summed E-state index contributed by atoms with van der Waals surface area (Å²) in [7, 11) is 2.05. The summed E-state index contributed by atoms with van der Waals surface area (Å²) < 4.78 is 10.8. The lowest BCUT2D eigenvalue weighted by atomic mass is 9.96. The Morgan fingerprint density at radius 2 is 1.80 bits per heavy atom. The number of nitrogens with zero attached hydrogens (tertiary/aromatic N) is 2. The van der Waals surface area contributed by atoms with Gasteiger partial charge in [0.1, 0.15) is 7.05 Å². The fourth-order valence-corrected chi connectivity index (χ4v) is 3.36. The number of rotatable bonds is 2. The van der Waals surface area contributed by atoms with Crippen LogP contribution in [0.25, 0.3) is 33.2 Å². The van der Waals surface area contributed by atoms with Crippen molar-refractivity contribution in [3.8, 4) is 22.4 Å². The quantitative estimate of drug-likeness (QED) is 0.473. The second-order valence-corrected chi connectivity index (χ2v) is 6.44. The average molecular weight is 326 g/mol. The topological polar surface area (TPSA) is 16.8 Å². The molecule has 25 heavy (non-hydrogen) atoms. The molecule has 2 aromatic carbocycles. The first kappa shape index (κ1) is 14.4. The van der Waals surface area contributed by atoms with E-state index in [2.05, 4.69) is 65.0 Å². The minimum atomic E-state index is 0.575. The molecule has 0 saturated heterocycles. The lowest BCUT2D eigenvalue weighted by Gasteiger charge is -2.11. The van der Waals surface area contributed by atoms with Crippen molar-refractivity contribution in [2.24, 2.45) is 7.05 Å². The molecule has 0 bridgehead atoms. The summed E-state index contributed by atoms with van der Waals surface area (Å²) in [5.74, 6) is 0. The van der Waals surface area contributed by atoms with Crippen LogP contribution in [0.1, 0.15) is 12.6 Å². The first-order chi connectivity index (χ1) is 12.6. The van der Waals surface area contributed by atoms with Gasteiger partial charge in [-0.25, -0.2) is 0 Å². The lowest BCUT2D eigenvalue weighted by Crippen LogP contribution is -2.35. The van der Waals surface area contributed by atoms with Crippen LogP contribution in [0.5, 0.6) is 0 Å². The molecule has 0 amide bonds. The van der Waals surface area contributed by atoms with Gasteiger partial charge in [-0.15, -0.1) is 0 Å². The van der Waals surface area contributed by atoms with E-state index in [1.54, 1.807) is 6.20 Å². The molecule has 0 radical (unpaired) electrons. The number of hydrogen-bond acceptors (Lipinski definition) is 1. The standard InChI is InChI=1S/C23H21N2/c1-16-7-4-5-9-21(16)23-22-11-10-18(19-8-6-12-24-15-19)14-20(22)13-17(2)25(23)3/h4-15H,1-3H3/q+1/i13D. The van der Waals surface area contributed by atoms with Gasteiger partial charge in [-0.3, -0.25) is 4.98 Å². The summed E-state index contributed by atoms with van der Waals surface area (Å²) in [6.07, 6.45) is 3.64. The molecule has 0 saturated carbocycles. The SMILES string of the molecule is [2H]c1c(C)[n+](C)c(-c2ccccc2C)c2ccc(-c3cccnc3)cc12. The zero-order chi connectivity index (χ0) is 18.3. The fourth-order valence-electron chi connectivity index (χ4n) is 3.36. The Bertz CT molecular complexity index is 1120. The third kappa shape index (κ3) is 2.70. The van der Waals surface area contributed by atoms with Crippen molar-refractivity contribution in [1.82, 2.24) is 4.98 Å². The summed E-state index contributed by atoms with van der Waals surface area (Å²) in [5.41, 5.74) is 6.71. The third-order valence-electron chi connectivity index (χ3n) is 4.82. The zero-order valence-electron chi connectivity index (χ0n) is 15.7. The smallest absolute Gasteiger partial charge is 0.220 e. The van der Waals surface area contributed by atoms with Crippen LogP contribution in [0, 0.1) is 13.8 Å². The summed E-state index contributed by atoms with van der Waals surface area (Å²) in [6, 6.07) is 19.4. The molecule has 2 heteroatoms. The highest BCUT2D eigenvalue weighted by Gasteiger charge is 2.19. The first-order valence-corrected chi connectivity index (χ1v) is 8.47. The second-order valence-electron chi connectivity index (χ2n) is 6.44. The number of aromatic nitrogens is 2. The molecule has 0 fully saturated rings. The van der Waals surface area contributed by atoms with Gasteiger partial charge in [0.05, 0.1) is 6.76 Å². The predicted octanol–water partition coefficient (Wildman–Crippen LogP) is 5.01. The minimum Gasteiger partial charge on any atom is -0.264 e. The Kier molecular flexibility index (Phi) is 3.52. The number of benzene rings is 2. The van der Waals surface area contributed by atoms with Crippen LogP contribution >= 0.6 is 0 Å². The summed E-state index contributed by atoms with van der Waals surface area (Å²) >= 11 is 0. The van der Waals surface area contributed by atoms with Gasteiger partial charge in [0, 0.05) is 36.5 Å². The monoisotopic (exact) mass is 326 g/mol. The fraction of sp³-hybridized carbons (Fsp3) is 0.130. The van der Waals surface area contributed by atoms with Gasteiger partial charge in [-0.2, -0.15) is 4.57 Å². The van der Waals surface area contributed by atoms with Crippen LogP contribution in [-0.2, 0) is 7.05 Å². The predicted molar refractivity (Wildman–Crippen MR) is 103 cm³/mol. The van der Waals surface area contributed by atoms with E-state index in [0.29, 0.717) is 6.04 Å². The number of pyridine rings is 2. The van der Waals surface area contributed by atoms with Crippen molar-refractivity contribution in [2.45, 2.75) is 13.8 Å². The summed E-state index contributed by atoms with van der Waals surface area (Å²) in [4.78, 5) is 4.22. The normalized spacial score (nSPS) is 11.6. The first-order valence-electron chi connectivity index (χ1n) is 8.97. The van der Waals surface area contributed by atoms with E-state index in [1.165, 1.54) is 11.1 Å². The molecule has 0 spiro atoms. The largest absolute Gasteiger partial charge is 0.264 e. The Hall–Kier alpha value is -3.00. The molecule has 122 valence electrons. The minimum absolute atomic E-state index is 0.575. The molecule has 0 N–H and O–H groups in total. The Labute approximate surface area is 149 Å². The molecular formula is C23H21N2+. The highest BCUT2D eigenvalue weighted by atomic mass is 14.9. The summed E-state index contributed by atoms with van der Waals surface area (Å²) in [5, 5.41) is 2.07. The maximum absolute atomic E-state index is 8.66. The highest BCUT2D eigenvalue weighted by molar-refractivity contribution is 5.96. The van der Waals surface area contributed by atoms with Crippen molar-refractivity contribution in [3.05, 3.63) is 84.3 Å². The number of aryl methyl sites for hydroxylation is 1. The summed E-state index contributed by atoms with van der Waals surface area (Å²) in [6.45, 7) is 4.15. The molecule has 2 heterocycles. The van der Waals surface area contributed by atoms with Crippen LogP contribution in [0.2, 0.25) is 0 Å². The van der Waals surface area contributed by atoms with E-state index in [1.807, 2.05) is 26.2 Å². The Morgan fingerprint density at radius 3 is 2.56 bits per heavy atom. The van der Waals surface area contributed by atoms with Gasteiger partial charge < -0.3 is 0 Å². The van der Waals surface area contributed by atoms with Gasteiger partial charge in [-0.05, 0) is 47.7 Å². The van der Waals surface area contributed by atoms with Gasteiger partial charge >= 0.3 is 0 Å². The van der Waals surface area contributed by atoms with Crippen LogP contribution in [0.3, 0.4) is 0 Å².